The SMILES string of the molecule is C[n+]1[nH]ccc1NC(=O)Nc1ccc(OCc2ccccc2)cc1. The van der Waals surface area contributed by atoms with Crippen LogP contribution in [0, 0.1) is 0 Å². The Kier molecular flexibility index (Phi) is 4.76. The summed E-state index contributed by atoms with van der Waals surface area (Å²) in [5, 5.41) is 8.46. The average molecular weight is 323 g/mol. The summed E-state index contributed by atoms with van der Waals surface area (Å²) in [6.07, 6.45) is 1.74. The first-order chi connectivity index (χ1) is 11.7. The summed E-state index contributed by atoms with van der Waals surface area (Å²) in [7, 11) is 1.81. The molecule has 0 saturated heterocycles. The van der Waals surface area contributed by atoms with E-state index in [4.69, 9.17) is 4.74 Å². The van der Waals surface area contributed by atoms with E-state index in [1.54, 1.807) is 29.1 Å². The van der Waals surface area contributed by atoms with Crippen LogP contribution in [0.15, 0.2) is 66.9 Å². The van der Waals surface area contributed by atoms with Crippen LogP contribution < -0.4 is 20.1 Å². The number of H-pyrrole nitrogens is 1. The summed E-state index contributed by atoms with van der Waals surface area (Å²) >= 11 is 0. The number of carbonyl (C=O) groups is 1. The van der Waals surface area contributed by atoms with Crippen molar-refractivity contribution in [2.24, 2.45) is 7.05 Å². The number of hydrogen-bond acceptors (Lipinski definition) is 2. The maximum absolute atomic E-state index is 11.9. The maximum Gasteiger partial charge on any atom is 0.411 e. The van der Waals surface area contributed by atoms with Crippen molar-refractivity contribution in [3.63, 3.8) is 0 Å². The third kappa shape index (κ3) is 4.13. The average Bonchev–Trinajstić information content (AvgIpc) is 3.00. The molecule has 0 aliphatic heterocycles. The molecule has 3 aromatic rings. The van der Waals surface area contributed by atoms with Gasteiger partial charge in [0.05, 0.1) is 0 Å². The summed E-state index contributed by atoms with van der Waals surface area (Å²) in [6, 6.07) is 18.7. The van der Waals surface area contributed by atoms with Gasteiger partial charge in [-0.3, -0.25) is 5.32 Å². The van der Waals surface area contributed by atoms with Gasteiger partial charge in [-0.1, -0.05) is 30.3 Å². The van der Waals surface area contributed by atoms with E-state index in [2.05, 4.69) is 15.7 Å². The number of nitrogens with zero attached hydrogens (tertiary/aromatic N) is 1. The van der Waals surface area contributed by atoms with E-state index in [-0.39, 0.29) is 6.03 Å². The molecule has 3 N–H and O–H groups in total. The minimum Gasteiger partial charge on any atom is -0.489 e. The number of aromatic nitrogens is 2. The quantitative estimate of drug-likeness (QED) is 0.632. The summed E-state index contributed by atoms with van der Waals surface area (Å²) in [6.45, 7) is 0.512. The third-order valence-corrected chi connectivity index (χ3v) is 3.47. The normalized spacial score (nSPS) is 10.2. The second-order valence-electron chi connectivity index (χ2n) is 5.28. The van der Waals surface area contributed by atoms with E-state index in [1.165, 1.54) is 0 Å². The zero-order valence-corrected chi connectivity index (χ0v) is 13.3. The van der Waals surface area contributed by atoms with Gasteiger partial charge in [-0.05, 0) is 29.8 Å². The Hall–Kier alpha value is -3.28. The fraction of sp³-hybridized carbons (Fsp3) is 0.111. The smallest absolute Gasteiger partial charge is 0.411 e. The molecule has 122 valence electrons. The molecule has 0 fully saturated rings. The molecule has 1 heterocycles. The lowest BCUT2D eigenvalue weighted by atomic mass is 10.2. The molecule has 0 unspecified atom stereocenters. The highest BCUT2D eigenvalue weighted by atomic mass is 16.5. The van der Waals surface area contributed by atoms with Crippen molar-refractivity contribution >= 4 is 17.5 Å². The first kappa shape index (κ1) is 15.6. The van der Waals surface area contributed by atoms with Crippen LogP contribution in [0.25, 0.3) is 0 Å². The first-order valence-electron chi connectivity index (χ1n) is 7.59. The molecule has 1 aromatic heterocycles. The van der Waals surface area contributed by atoms with E-state index in [1.807, 2.05) is 49.5 Å². The van der Waals surface area contributed by atoms with E-state index >= 15 is 0 Å². The van der Waals surface area contributed by atoms with E-state index in [0.29, 0.717) is 18.1 Å². The molecule has 6 nitrogen and oxygen atoms in total. The Morgan fingerprint density at radius 3 is 2.46 bits per heavy atom. The zero-order valence-electron chi connectivity index (χ0n) is 13.3. The van der Waals surface area contributed by atoms with Crippen LogP contribution in [-0.2, 0) is 13.7 Å². The van der Waals surface area contributed by atoms with Crippen LogP contribution in [0.2, 0.25) is 0 Å². The van der Waals surface area contributed by atoms with Gasteiger partial charge in [-0.2, -0.15) is 10.00 Å². The first-order valence-corrected chi connectivity index (χ1v) is 7.59. The standard InChI is InChI=1S/C18H18N4O2/c1-22-17(11-12-19-22)21-18(23)20-15-7-9-16(10-8-15)24-13-14-5-3-2-4-6-14/h2-12H,13H2,1H3,(H2,19,20,21,23)/p+1. The topological polar surface area (TPSA) is 70.0 Å². The van der Waals surface area contributed by atoms with Gasteiger partial charge < -0.3 is 4.74 Å². The van der Waals surface area contributed by atoms with Crippen LogP contribution in [0.5, 0.6) is 5.75 Å². The molecule has 2 amide bonds. The minimum absolute atomic E-state index is 0.303. The highest BCUT2D eigenvalue weighted by Crippen LogP contribution is 2.17. The Balaban J connectivity index is 1.52. The van der Waals surface area contributed by atoms with Gasteiger partial charge in [0.25, 0.3) is 0 Å². The van der Waals surface area contributed by atoms with Gasteiger partial charge in [0.15, 0.2) is 0 Å². The summed E-state index contributed by atoms with van der Waals surface area (Å²) in [5.41, 5.74) is 1.80. The van der Waals surface area contributed by atoms with Crippen LogP contribution in [0.4, 0.5) is 16.3 Å². The lowest BCUT2D eigenvalue weighted by molar-refractivity contribution is -0.713. The van der Waals surface area contributed by atoms with Gasteiger partial charge in [0.1, 0.15) is 19.4 Å². The highest BCUT2D eigenvalue weighted by molar-refractivity contribution is 5.98. The number of anilines is 2. The molecule has 0 atom stereocenters. The fourth-order valence-corrected chi connectivity index (χ4v) is 2.19. The lowest BCUT2D eigenvalue weighted by Crippen LogP contribution is -2.35. The number of benzene rings is 2. The number of aromatic amines is 1. The minimum atomic E-state index is -0.303. The molecule has 6 heteroatoms. The molecule has 0 aliphatic rings. The van der Waals surface area contributed by atoms with Crippen molar-refractivity contribution in [2.75, 3.05) is 10.6 Å². The second kappa shape index (κ2) is 7.32. The Morgan fingerprint density at radius 1 is 1.04 bits per heavy atom. The highest BCUT2D eigenvalue weighted by Gasteiger charge is 2.12. The Labute approximate surface area is 140 Å². The molecule has 0 radical (unpaired) electrons. The molecular formula is C18H19N4O2+. The molecule has 24 heavy (non-hydrogen) atoms. The number of carbonyl (C=O) groups excluding carboxylic acids is 1. The molecule has 0 aliphatic carbocycles. The van der Waals surface area contributed by atoms with E-state index in [0.717, 1.165) is 11.3 Å². The summed E-state index contributed by atoms with van der Waals surface area (Å²) in [5.74, 6) is 1.43. The van der Waals surface area contributed by atoms with Crippen molar-refractivity contribution in [2.45, 2.75) is 6.61 Å². The maximum atomic E-state index is 11.9. The van der Waals surface area contributed by atoms with Gasteiger partial charge >= 0.3 is 11.8 Å². The lowest BCUT2D eigenvalue weighted by Gasteiger charge is -2.07. The molecule has 3 rings (SSSR count). The summed E-state index contributed by atoms with van der Waals surface area (Å²) in [4.78, 5) is 11.9. The molecule has 0 bridgehead atoms. The van der Waals surface area contributed by atoms with Crippen molar-refractivity contribution in [1.82, 2.24) is 5.10 Å². The van der Waals surface area contributed by atoms with Crippen molar-refractivity contribution in [1.29, 1.82) is 0 Å². The molecule has 2 aromatic carbocycles. The van der Waals surface area contributed by atoms with Crippen molar-refractivity contribution < 1.29 is 14.2 Å². The van der Waals surface area contributed by atoms with Crippen LogP contribution in [0.1, 0.15) is 5.56 Å². The monoisotopic (exact) mass is 323 g/mol. The Bertz CT molecular complexity index is 797. The number of ether oxygens (including phenoxy) is 1. The molecule has 0 spiro atoms. The van der Waals surface area contributed by atoms with Crippen LogP contribution >= 0.6 is 0 Å². The van der Waals surface area contributed by atoms with Gasteiger partial charge in [0.2, 0.25) is 0 Å². The van der Waals surface area contributed by atoms with E-state index in [9.17, 15) is 4.79 Å². The number of amides is 2. The Morgan fingerprint density at radius 2 is 1.79 bits per heavy atom. The van der Waals surface area contributed by atoms with Crippen molar-refractivity contribution in [3.05, 3.63) is 72.4 Å². The number of rotatable bonds is 5. The van der Waals surface area contributed by atoms with Gasteiger partial charge in [-0.15, -0.1) is 0 Å². The molecular weight excluding hydrogens is 304 g/mol. The number of aryl methyl sites for hydroxylation is 1. The number of urea groups is 1. The zero-order chi connectivity index (χ0) is 16.8. The molecule has 0 saturated carbocycles. The predicted molar refractivity (Wildman–Crippen MR) is 91.8 cm³/mol. The number of hydrogen-bond donors (Lipinski definition) is 3. The van der Waals surface area contributed by atoms with Crippen LogP contribution in [-0.4, -0.2) is 11.1 Å². The largest absolute Gasteiger partial charge is 0.489 e. The van der Waals surface area contributed by atoms with Gasteiger partial charge in [0, 0.05) is 18.0 Å². The van der Waals surface area contributed by atoms with Crippen LogP contribution in [0.3, 0.4) is 0 Å². The fourth-order valence-electron chi connectivity index (χ4n) is 2.19. The summed E-state index contributed by atoms with van der Waals surface area (Å²) < 4.78 is 7.43. The third-order valence-electron chi connectivity index (χ3n) is 3.47. The van der Waals surface area contributed by atoms with Gasteiger partial charge in [-0.25, -0.2) is 9.89 Å². The second-order valence-corrected chi connectivity index (χ2v) is 5.28. The number of nitrogens with one attached hydrogen (secondary N) is 3. The van der Waals surface area contributed by atoms with E-state index < -0.39 is 0 Å². The predicted octanol–water partition coefficient (Wildman–Crippen LogP) is 3.06. The van der Waals surface area contributed by atoms with Crippen molar-refractivity contribution in [3.8, 4) is 5.75 Å².